The van der Waals surface area contributed by atoms with E-state index in [4.69, 9.17) is 9.97 Å². The second kappa shape index (κ2) is 9.86. The average molecular weight is 559 g/mol. The van der Waals surface area contributed by atoms with E-state index in [1.807, 2.05) is 30.3 Å². The molecule has 2 nitrogen and oxygen atoms in total. The summed E-state index contributed by atoms with van der Waals surface area (Å²) in [5.41, 5.74) is 10.6. The average Bonchev–Trinajstić information content (AvgIpc) is 3.10. The van der Waals surface area contributed by atoms with Crippen molar-refractivity contribution in [2.45, 2.75) is 0 Å². The first-order chi connectivity index (χ1) is 21.8. The van der Waals surface area contributed by atoms with Crippen LogP contribution < -0.4 is 0 Å². The van der Waals surface area contributed by atoms with Crippen molar-refractivity contribution in [3.8, 4) is 44.8 Å². The topological polar surface area (TPSA) is 25.8 Å². The van der Waals surface area contributed by atoms with Gasteiger partial charge in [-0.1, -0.05) is 140 Å². The molecule has 9 aromatic rings. The van der Waals surface area contributed by atoms with Crippen molar-refractivity contribution in [1.29, 1.82) is 0 Å². The Morgan fingerprint density at radius 1 is 0.318 bits per heavy atom. The maximum Gasteiger partial charge on any atom is 0.0973 e. The summed E-state index contributed by atoms with van der Waals surface area (Å²) in [6, 6.07) is 56.1. The SMILES string of the molecule is c1ccc(-c2nc3ccccc3nc2-c2ccc(-c3cc(-c4ccccc4)c4ccc5cccc6ccc3c4c56)cc2)cc1. The third-order valence-corrected chi connectivity index (χ3v) is 8.82. The molecule has 0 amide bonds. The minimum absolute atomic E-state index is 0.891. The highest BCUT2D eigenvalue weighted by Crippen LogP contribution is 2.44. The first-order valence-corrected chi connectivity index (χ1v) is 15.0. The van der Waals surface area contributed by atoms with E-state index in [2.05, 4.69) is 127 Å². The van der Waals surface area contributed by atoms with Crippen molar-refractivity contribution < 1.29 is 0 Å². The van der Waals surface area contributed by atoms with Crippen molar-refractivity contribution in [1.82, 2.24) is 9.97 Å². The quantitative estimate of drug-likeness (QED) is 0.201. The predicted octanol–water partition coefficient (Wildman–Crippen LogP) is 11.2. The lowest BCUT2D eigenvalue weighted by Gasteiger charge is -2.18. The molecular weight excluding hydrogens is 532 g/mol. The summed E-state index contributed by atoms with van der Waals surface area (Å²) >= 11 is 0. The van der Waals surface area contributed by atoms with Gasteiger partial charge >= 0.3 is 0 Å². The van der Waals surface area contributed by atoms with Crippen molar-refractivity contribution in [3.05, 3.63) is 158 Å². The van der Waals surface area contributed by atoms with Gasteiger partial charge in [0.05, 0.1) is 22.4 Å². The molecule has 0 aliphatic carbocycles. The van der Waals surface area contributed by atoms with Crippen LogP contribution in [0.15, 0.2) is 158 Å². The van der Waals surface area contributed by atoms with Gasteiger partial charge in [0.15, 0.2) is 0 Å². The molecule has 2 heteroatoms. The molecule has 0 aliphatic rings. The standard InChI is InChI=1S/C42H26N2/c1-3-10-27(11-4-1)35-26-36(34-25-23-30-15-9-14-29-22-24-33(35)40(34)39(29)30)28-18-20-32(21-19-28)42-41(31-12-5-2-6-13-31)43-37-16-7-8-17-38(37)44-42/h1-26H. The Labute approximate surface area is 255 Å². The summed E-state index contributed by atoms with van der Waals surface area (Å²) < 4.78 is 0. The van der Waals surface area contributed by atoms with Gasteiger partial charge in [-0.3, -0.25) is 0 Å². The summed E-state index contributed by atoms with van der Waals surface area (Å²) in [6.45, 7) is 0. The summed E-state index contributed by atoms with van der Waals surface area (Å²) in [5, 5.41) is 7.76. The summed E-state index contributed by atoms with van der Waals surface area (Å²) in [7, 11) is 0. The van der Waals surface area contributed by atoms with E-state index in [9.17, 15) is 0 Å². The zero-order chi connectivity index (χ0) is 29.0. The Morgan fingerprint density at radius 2 is 0.773 bits per heavy atom. The Bertz CT molecular complexity index is 2450. The molecule has 0 fully saturated rings. The van der Waals surface area contributed by atoms with Crippen LogP contribution in [0.1, 0.15) is 0 Å². The fraction of sp³-hybridized carbons (Fsp3) is 0. The normalized spacial score (nSPS) is 11.6. The molecule has 0 bridgehead atoms. The van der Waals surface area contributed by atoms with E-state index in [0.717, 1.165) is 33.5 Å². The third-order valence-electron chi connectivity index (χ3n) is 8.82. The van der Waals surface area contributed by atoms with E-state index in [1.165, 1.54) is 54.6 Å². The van der Waals surface area contributed by atoms with Crippen molar-refractivity contribution in [2.75, 3.05) is 0 Å². The van der Waals surface area contributed by atoms with E-state index >= 15 is 0 Å². The Morgan fingerprint density at radius 3 is 1.34 bits per heavy atom. The van der Waals surface area contributed by atoms with Gasteiger partial charge in [0.1, 0.15) is 0 Å². The molecule has 1 heterocycles. The number of fused-ring (bicyclic) bond motifs is 1. The van der Waals surface area contributed by atoms with Crippen LogP contribution in [0.3, 0.4) is 0 Å². The van der Waals surface area contributed by atoms with E-state index in [-0.39, 0.29) is 0 Å². The monoisotopic (exact) mass is 558 g/mol. The summed E-state index contributed by atoms with van der Waals surface area (Å²) in [4.78, 5) is 10.2. The van der Waals surface area contributed by atoms with E-state index < -0.39 is 0 Å². The van der Waals surface area contributed by atoms with Crippen LogP contribution in [0, 0.1) is 0 Å². The van der Waals surface area contributed by atoms with Gasteiger partial charge in [0.25, 0.3) is 0 Å². The first kappa shape index (κ1) is 24.7. The fourth-order valence-corrected chi connectivity index (χ4v) is 6.73. The van der Waals surface area contributed by atoms with Gasteiger partial charge in [-0.2, -0.15) is 0 Å². The molecule has 0 saturated heterocycles. The largest absolute Gasteiger partial charge is 0.244 e. The van der Waals surface area contributed by atoms with Crippen LogP contribution in [0.25, 0.3) is 88.1 Å². The molecule has 0 radical (unpaired) electrons. The smallest absolute Gasteiger partial charge is 0.0973 e. The molecule has 0 atom stereocenters. The van der Waals surface area contributed by atoms with Crippen LogP contribution in [0.5, 0.6) is 0 Å². The number of benzene rings is 8. The highest BCUT2D eigenvalue weighted by atomic mass is 14.8. The molecule has 0 saturated carbocycles. The van der Waals surface area contributed by atoms with Gasteiger partial charge in [0.2, 0.25) is 0 Å². The third kappa shape index (κ3) is 3.89. The Hall–Kier alpha value is -5.86. The minimum atomic E-state index is 0.891. The van der Waals surface area contributed by atoms with Gasteiger partial charge in [-0.05, 0) is 72.8 Å². The number of nitrogens with zero attached hydrogens (tertiary/aromatic N) is 2. The van der Waals surface area contributed by atoms with Gasteiger partial charge < -0.3 is 0 Å². The molecule has 0 aliphatic heterocycles. The van der Waals surface area contributed by atoms with E-state index in [0.29, 0.717) is 0 Å². The van der Waals surface area contributed by atoms with Crippen molar-refractivity contribution in [3.63, 3.8) is 0 Å². The van der Waals surface area contributed by atoms with Crippen LogP contribution in [0.4, 0.5) is 0 Å². The van der Waals surface area contributed by atoms with Crippen molar-refractivity contribution in [2.24, 2.45) is 0 Å². The lowest BCUT2D eigenvalue weighted by Crippen LogP contribution is -1.95. The van der Waals surface area contributed by atoms with Crippen LogP contribution in [-0.2, 0) is 0 Å². The minimum Gasteiger partial charge on any atom is -0.244 e. The van der Waals surface area contributed by atoms with Crippen LogP contribution in [-0.4, -0.2) is 9.97 Å². The number of hydrogen-bond acceptors (Lipinski definition) is 2. The Kier molecular flexibility index (Phi) is 5.54. The molecule has 204 valence electrons. The lowest BCUT2D eigenvalue weighted by atomic mass is 9.85. The van der Waals surface area contributed by atoms with Gasteiger partial charge in [-0.15, -0.1) is 0 Å². The molecule has 0 N–H and O–H groups in total. The first-order valence-electron chi connectivity index (χ1n) is 15.0. The molecule has 8 aromatic carbocycles. The van der Waals surface area contributed by atoms with Crippen LogP contribution in [0.2, 0.25) is 0 Å². The number of para-hydroxylation sites is 2. The zero-order valence-corrected chi connectivity index (χ0v) is 23.9. The number of rotatable bonds is 4. The fourth-order valence-electron chi connectivity index (χ4n) is 6.73. The molecule has 0 unspecified atom stereocenters. The Balaban J connectivity index is 1.27. The molecular formula is C42H26N2. The number of hydrogen-bond donors (Lipinski definition) is 0. The lowest BCUT2D eigenvalue weighted by molar-refractivity contribution is 1.29. The maximum absolute atomic E-state index is 5.12. The van der Waals surface area contributed by atoms with Crippen molar-refractivity contribution >= 4 is 43.4 Å². The predicted molar refractivity (Wildman–Crippen MR) is 185 cm³/mol. The molecule has 9 rings (SSSR count). The zero-order valence-electron chi connectivity index (χ0n) is 23.9. The van der Waals surface area contributed by atoms with E-state index in [1.54, 1.807) is 0 Å². The molecule has 44 heavy (non-hydrogen) atoms. The summed E-state index contributed by atoms with van der Waals surface area (Å²) in [5.74, 6) is 0. The van der Waals surface area contributed by atoms with Gasteiger partial charge in [-0.25, -0.2) is 9.97 Å². The number of aromatic nitrogens is 2. The molecule has 0 spiro atoms. The van der Waals surface area contributed by atoms with Gasteiger partial charge in [0, 0.05) is 11.1 Å². The second-order valence-corrected chi connectivity index (χ2v) is 11.4. The summed E-state index contributed by atoms with van der Waals surface area (Å²) in [6.07, 6.45) is 0. The van der Waals surface area contributed by atoms with Crippen LogP contribution >= 0.6 is 0 Å². The second-order valence-electron chi connectivity index (χ2n) is 11.4. The maximum atomic E-state index is 5.12. The molecule has 1 aromatic heterocycles. The highest BCUT2D eigenvalue weighted by Gasteiger charge is 2.18. The highest BCUT2D eigenvalue weighted by molar-refractivity contribution is 6.28.